The number of nitrogens with zero attached hydrogens (tertiary/aromatic N) is 2. The van der Waals surface area contributed by atoms with E-state index in [-0.39, 0.29) is 55.3 Å². The number of halogens is 7. The molecule has 0 radical (unpaired) electrons. The van der Waals surface area contributed by atoms with Gasteiger partial charge >= 0.3 is 18.7 Å². The summed E-state index contributed by atoms with van der Waals surface area (Å²) in [6.07, 6.45) is -7.61. The number of hydrogen-bond acceptors (Lipinski definition) is 10. The van der Waals surface area contributed by atoms with Gasteiger partial charge in [0.25, 0.3) is 0 Å². The van der Waals surface area contributed by atoms with Crippen molar-refractivity contribution in [2.24, 2.45) is 0 Å². The predicted molar refractivity (Wildman–Crippen MR) is 184 cm³/mol. The Morgan fingerprint density at radius 1 is 0.868 bits per heavy atom. The topological polar surface area (TPSA) is 136 Å². The average Bonchev–Trinajstić information content (AvgIpc) is 3.66. The molecule has 2 heterocycles. The molecule has 53 heavy (non-hydrogen) atoms. The van der Waals surface area contributed by atoms with Gasteiger partial charge in [-0.05, 0) is 82.9 Å². The lowest BCUT2D eigenvalue weighted by molar-refractivity contribution is -0.275. The fraction of sp³-hybridized carbons (Fsp3) is 0.457. The van der Waals surface area contributed by atoms with Crippen molar-refractivity contribution in [1.29, 1.82) is 0 Å². The molecule has 0 saturated heterocycles. The van der Waals surface area contributed by atoms with Crippen molar-refractivity contribution in [3.8, 4) is 34.4 Å². The molecule has 0 aliphatic heterocycles. The van der Waals surface area contributed by atoms with Gasteiger partial charge in [-0.15, -0.1) is 26.3 Å². The van der Waals surface area contributed by atoms with Crippen LogP contribution < -0.4 is 9.47 Å². The maximum atomic E-state index is 12.5. The van der Waals surface area contributed by atoms with Crippen LogP contribution in [0.3, 0.4) is 0 Å². The zero-order chi connectivity index (χ0) is 38.8. The number of benzene rings is 2. The summed E-state index contributed by atoms with van der Waals surface area (Å²) in [5.74, 6) is -0.0918. The Morgan fingerprint density at radius 3 is 1.85 bits per heavy atom. The second-order valence-electron chi connectivity index (χ2n) is 11.7. The minimum absolute atomic E-state index is 0.0244. The van der Waals surface area contributed by atoms with Gasteiger partial charge in [0, 0.05) is 22.2 Å². The minimum atomic E-state index is -4.79. The maximum absolute atomic E-state index is 12.5. The molecule has 1 N–H and O–H groups in total. The quantitative estimate of drug-likeness (QED) is 0.0738. The van der Waals surface area contributed by atoms with Crippen LogP contribution in [0.4, 0.5) is 26.3 Å². The maximum Gasteiger partial charge on any atom is 0.573 e. The Morgan fingerprint density at radius 2 is 1.38 bits per heavy atom. The lowest BCUT2D eigenvalue weighted by Crippen LogP contribution is -2.34. The van der Waals surface area contributed by atoms with Crippen LogP contribution in [0.5, 0.6) is 11.5 Å². The van der Waals surface area contributed by atoms with Gasteiger partial charge in [-0.3, -0.25) is 0 Å². The van der Waals surface area contributed by atoms with Crippen molar-refractivity contribution in [2.45, 2.75) is 88.5 Å². The van der Waals surface area contributed by atoms with Crippen molar-refractivity contribution < 1.29 is 68.8 Å². The van der Waals surface area contributed by atoms with Gasteiger partial charge in [0.1, 0.15) is 28.7 Å². The first-order valence-corrected chi connectivity index (χ1v) is 17.8. The van der Waals surface area contributed by atoms with Gasteiger partial charge in [-0.2, -0.15) is 0 Å². The molecular weight excluding hydrogens is 833 g/mol. The fourth-order valence-electron chi connectivity index (χ4n) is 5.23. The second-order valence-corrected chi connectivity index (χ2v) is 12.4. The molecule has 290 valence electrons. The van der Waals surface area contributed by atoms with Crippen molar-refractivity contribution in [3.05, 3.63) is 71.4 Å². The first-order chi connectivity index (χ1) is 25.0. The van der Waals surface area contributed by atoms with Crippen LogP contribution in [0.1, 0.15) is 55.5 Å². The molecule has 1 aliphatic carbocycles. The third-order valence-corrected chi connectivity index (χ3v) is 8.42. The number of aromatic nitrogens is 2. The first-order valence-electron chi connectivity index (χ1n) is 16.3. The summed E-state index contributed by atoms with van der Waals surface area (Å²) in [5, 5.41) is 9.17. The van der Waals surface area contributed by atoms with Crippen LogP contribution in [0.25, 0.3) is 22.9 Å². The molecule has 1 saturated carbocycles. The van der Waals surface area contributed by atoms with E-state index in [0.29, 0.717) is 39.2 Å². The molecule has 2 aromatic heterocycles. The summed E-state index contributed by atoms with van der Waals surface area (Å²) < 4.78 is 110. The standard InChI is InChI=1S/C23H28F3NO7.C12H9F3INO2/c1-3-30-20(22(28)29)13-32-17-8-5-7-16(11-17)31-12-19-14(2)33-21(27-19)15-6-4-9-18(10-15)34-23(24,25)26;1-7-10(6-16)17-11(18-7)8-3-2-4-9(5-8)19-12(13,14)15/h4,6,9-10,16-17,20H,3,5,7-8,11-13H2,1-2H3,(H,28,29);2-5H,6H2,1H3/t16-,17+,20?;/m0./s1. The summed E-state index contributed by atoms with van der Waals surface area (Å²) in [7, 11) is 0. The van der Waals surface area contributed by atoms with Crippen molar-refractivity contribution in [1.82, 2.24) is 9.97 Å². The Bertz CT molecular complexity index is 1780. The summed E-state index contributed by atoms with van der Waals surface area (Å²) >= 11 is 2.14. The molecule has 18 heteroatoms. The van der Waals surface area contributed by atoms with Crippen LogP contribution in [0, 0.1) is 13.8 Å². The summed E-state index contributed by atoms with van der Waals surface area (Å²) in [6, 6.07) is 11.0. The zero-order valence-electron chi connectivity index (χ0n) is 28.8. The molecule has 0 spiro atoms. The number of alkyl halides is 7. The highest BCUT2D eigenvalue weighted by Crippen LogP contribution is 2.31. The normalized spacial score (nSPS) is 16.8. The number of carboxylic acid groups (broad SMARTS) is 1. The number of aliphatic carboxylic acids is 1. The first kappa shape index (κ1) is 41.9. The number of rotatable bonds is 14. The van der Waals surface area contributed by atoms with E-state index in [1.54, 1.807) is 32.9 Å². The largest absolute Gasteiger partial charge is 0.573 e. The molecule has 4 aromatic rings. The molecule has 2 aromatic carbocycles. The summed E-state index contributed by atoms with van der Waals surface area (Å²) in [6.45, 7) is 5.63. The average molecular weight is 871 g/mol. The Kier molecular flexibility index (Phi) is 15.0. The highest BCUT2D eigenvalue weighted by Gasteiger charge is 2.32. The molecule has 0 amide bonds. The van der Waals surface area contributed by atoms with E-state index in [1.807, 2.05) is 0 Å². The molecule has 1 fully saturated rings. The number of carboxylic acids is 1. The molecular formula is C35H37F6IN2O9. The summed E-state index contributed by atoms with van der Waals surface area (Å²) in [4.78, 5) is 19.8. The Labute approximate surface area is 314 Å². The lowest BCUT2D eigenvalue weighted by atomic mass is 9.95. The molecule has 1 unspecified atom stereocenters. The SMILES string of the molecule is CCOC(CO[C@@H]1CCC[C@H](OCc2nc(-c3cccc(OC(F)(F)F)c3)oc2C)C1)C(=O)O.Cc1oc(-c2cccc(OC(F)(F)F)c2)nc1CI. The van der Waals surface area contributed by atoms with Gasteiger partial charge in [0.05, 0.1) is 31.1 Å². The van der Waals surface area contributed by atoms with Crippen LogP contribution in [-0.4, -0.2) is 65.3 Å². The van der Waals surface area contributed by atoms with Crippen molar-refractivity contribution in [3.63, 3.8) is 0 Å². The van der Waals surface area contributed by atoms with E-state index in [9.17, 15) is 31.1 Å². The number of carbonyl (C=O) groups is 1. The molecule has 11 nitrogen and oxygen atoms in total. The van der Waals surface area contributed by atoms with Gasteiger partial charge in [0.15, 0.2) is 6.10 Å². The highest BCUT2D eigenvalue weighted by molar-refractivity contribution is 14.1. The van der Waals surface area contributed by atoms with Crippen molar-refractivity contribution >= 4 is 28.6 Å². The van der Waals surface area contributed by atoms with Crippen LogP contribution >= 0.6 is 22.6 Å². The third-order valence-electron chi connectivity index (χ3n) is 7.70. The van der Waals surface area contributed by atoms with E-state index in [2.05, 4.69) is 42.0 Å². The fourth-order valence-corrected chi connectivity index (χ4v) is 5.94. The van der Waals surface area contributed by atoms with E-state index in [1.165, 1.54) is 36.4 Å². The van der Waals surface area contributed by atoms with E-state index >= 15 is 0 Å². The van der Waals surface area contributed by atoms with E-state index < -0.39 is 24.8 Å². The number of hydrogen-bond donors (Lipinski definition) is 1. The van der Waals surface area contributed by atoms with E-state index in [0.717, 1.165) is 25.0 Å². The van der Waals surface area contributed by atoms with Gasteiger partial charge in [-0.1, -0.05) is 34.7 Å². The number of aryl methyl sites for hydroxylation is 2. The van der Waals surface area contributed by atoms with Crippen molar-refractivity contribution in [2.75, 3.05) is 13.2 Å². The molecule has 5 rings (SSSR count). The van der Waals surface area contributed by atoms with Gasteiger partial charge in [0.2, 0.25) is 11.8 Å². The smallest absolute Gasteiger partial charge is 0.479 e. The van der Waals surface area contributed by atoms with E-state index in [4.69, 9.17) is 28.2 Å². The monoisotopic (exact) mass is 870 g/mol. The number of oxazole rings is 2. The third kappa shape index (κ3) is 13.5. The van der Waals surface area contributed by atoms with Crippen LogP contribution in [0.2, 0.25) is 0 Å². The zero-order valence-corrected chi connectivity index (χ0v) is 30.9. The van der Waals surface area contributed by atoms with Crippen LogP contribution in [-0.2, 0) is 30.0 Å². The molecule has 3 atom stereocenters. The lowest BCUT2D eigenvalue weighted by Gasteiger charge is -2.29. The summed E-state index contributed by atoms with van der Waals surface area (Å²) in [5.41, 5.74) is 2.12. The molecule has 0 bridgehead atoms. The minimum Gasteiger partial charge on any atom is -0.479 e. The Hall–Kier alpha value is -3.88. The predicted octanol–water partition coefficient (Wildman–Crippen LogP) is 9.37. The number of ether oxygens (including phenoxy) is 5. The highest BCUT2D eigenvalue weighted by atomic mass is 127. The Balaban J connectivity index is 0.000000278. The van der Waals surface area contributed by atoms with Gasteiger partial charge < -0.3 is 37.6 Å². The van der Waals surface area contributed by atoms with Gasteiger partial charge in [-0.25, -0.2) is 14.8 Å². The second kappa shape index (κ2) is 18.9. The molecule has 1 aliphatic rings. The van der Waals surface area contributed by atoms with Crippen LogP contribution in [0.15, 0.2) is 57.4 Å².